The second-order valence-corrected chi connectivity index (χ2v) is 7.10. The Morgan fingerprint density at radius 3 is 2.72 bits per heavy atom. The third-order valence-corrected chi connectivity index (χ3v) is 5.26. The molecule has 3 heterocycles. The van der Waals surface area contributed by atoms with Gasteiger partial charge in [-0.05, 0) is 18.2 Å². The minimum atomic E-state index is -0.506. The maximum atomic E-state index is 14.8. The largest absolute Gasteiger partial charge is 0.442 e. The number of hydrogen-bond acceptors (Lipinski definition) is 6. The molecule has 0 saturated carbocycles. The average Bonchev–Trinajstić information content (AvgIpc) is 3.37. The van der Waals surface area contributed by atoms with Crippen molar-refractivity contribution in [1.29, 1.82) is 0 Å². The third kappa shape index (κ3) is 4.01. The molecule has 4 rings (SSSR count). The number of hydrogen-bond donors (Lipinski definition) is 0. The van der Waals surface area contributed by atoms with E-state index in [0.29, 0.717) is 57.1 Å². The van der Waals surface area contributed by atoms with Crippen molar-refractivity contribution in [3.05, 3.63) is 36.4 Å². The Kier molecular flexibility index (Phi) is 5.32. The molecular formula is C19H23FN6O3. The van der Waals surface area contributed by atoms with Gasteiger partial charge in [0.1, 0.15) is 11.9 Å². The SMILES string of the molecule is CCC(=O)N1CCN(c2ccc(N3C[C@H](Cn4ccnn4)OC3=O)cc2F)CC1. The van der Waals surface area contributed by atoms with Crippen LogP contribution in [0.15, 0.2) is 30.6 Å². The van der Waals surface area contributed by atoms with Crippen LogP contribution in [0.4, 0.5) is 20.6 Å². The van der Waals surface area contributed by atoms with Crippen molar-refractivity contribution in [2.45, 2.75) is 26.0 Å². The topological polar surface area (TPSA) is 83.8 Å². The summed E-state index contributed by atoms with van der Waals surface area (Å²) in [5.41, 5.74) is 0.932. The average molecular weight is 402 g/mol. The normalized spacial score (nSPS) is 19.6. The highest BCUT2D eigenvalue weighted by atomic mass is 19.1. The van der Waals surface area contributed by atoms with E-state index in [0.717, 1.165) is 0 Å². The first-order valence-electron chi connectivity index (χ1n) is 9.69. The number of anilines is 2. The summed E-state index contributed by atoms with van der Waals surface area (Å²) in [6.07, 6.45) is 2.84. The van der Waals surface area contributed by atoms with Crippen LogP contribution in [0.25, 0.3) is 0 Å². The van der Waals surface area contributed by atoms with Gasteiger partial charge in [-0.1, -0.05) is 12.1 Å². The third-order valence-electron chi connectivity index (χ3n) is 5.26. The fourth-order valence-corrected chi connectivity index (χ4v) is 3.71. The number of piperazine rings is 1. The van der Waals surface area contributed by atoms with E-state index in [-0.39, 0.29) is 12.0 Å². The van der Waals surface area contributed by atoms with E-state index >= 15 is 0 Å². The molecule has 0 radical (unpaired) electrons. The second kappa shape index (κ2) is 8.06. The minimum Gasteiger partial charge on any atom is -0.442 e. The summed E-state index contributed by atoms with van der Waals surface area (Å²) in [4.78, 5) is 29.2. The molecule has 0 spiro atoms. The highest BCUT2D eigenvalue weighted by Crippen LogP contribution is 2.28. The van der Waals surface area contributed by atoms with E-state index in [9.17, 15) is 14.0 Å². The van der Waals surface area contributed by atoms with Crippen molar-refractivity contribution >= 4 is 23.4 Å². The molecule has 1 aromatic heterocycles. The summed E-state index contributed by atoms with van der Waals surface area (Å²) in [6, 6.07) is 4.76. The Morgan fingerprint density at radius 2 is 2.07 bits per heavy atom. The highest BCUT2D eigenvalue weighted by molar-refractivity contribution is 5.90. The zero-order valence-corrected chi connectivity index (χ0v) is 16.2. The molecule has 0 aliphatic carbocycles. The van der Waals surface area contributed by atoms with Gasteiger partial charge in [0.15, 0.2) is 0 Å². The first-order chi connectivity index (χ1) is 14.0. The Morgan fingerprint density at radius 1 is 1.28 bits per heavy atom. The van der Waals surface area contributed by atoms with Gasteiger partial charge in [0.2, 0.25) is 5.91 Å². The van der Waals surface area contributed by atoms with Crippen molar-refractivity contribution < 1.29 is 18.7 Å². The van der Waals surface area contributed by atoms with Crippen molar-refractivity contribution in [2.75, 3.05) is 42.5 Å². The molecule has 29 heavy (non-hydrogen) atoms. The molecule has 1 aromatic carbocycles. The number of cyclic esters (lactones) is 1. The van der Waals surface area contributed by atoms with Crippen molar-refractivity contribution in [3.8, 4) is 0 Å². The molecule has 2 aliphatic heterocycles. The number of ether oxygens (including phenoxy) is 1. The highest BCUT2D eigenvalue weighted by Gasteiger charge is 2.33. The summed E-state index contributed by atoms with van der Waals surface area (Å²) in [5.74, 6) is -0.279. The van der Waals surface area contributed by atoms with Gasteiger partial charge in [-0.25, -0.2) is 13.9 Å². The predicted molar refractivity (Wildman–Crippen MR) is 103 cm³/mol. The molecule has 2 saturated heterocycles. The molecule has 9 nitrogen and oxygen atoms in total. The lowest BCUT2D eigenvalue weighted by Crippen LogP contribution is -2.48. The molecule has 0 N–H and O–H groups in total. The van der Waals surface area contributed by atoms with Crippen molar-refractivity contribution in [1.82, 2.24) is 19.9 Å². The van der Waals surface area contributed by atoms with Crippen LogP contribution in [0.5, 0.6) is 0 Å². The van der Waals surface area contributed by atoms with E-state index in [4.69, 9.17) is 4.74 Å². The zero-order valence-electron chi connectivity index (χ0n) is 16.2. The lowest BCUT2D eigenvalue weighted by Gasteiger charge is -2.36. The fraction of sp³-hybridized carbons (Fsp3) is 0.474. The number of carbonyl (C=O) groups is 2. The summed E-state index contributed by atoms with van der Waals surface area (Å²) in [5, 5.41) is 7.60. The molecule has 2 fully saturated rings. The van der Waals surface area contributed by atoms with Crippen LogP contribution in [-0.2, 0) is 16.1 Å². The molecule has 1 atom stereocenters. The first kappa shape index (κ1) is 19.2. The van der Waals surface area contributed by atoms with E-state index < -0.39 is 11.9 Å². The summed E-state index contributed by atoms with van der Waals surface area (Å²) < 4.78 is 21.8. The first-order valence-corrected chi connectivity index (χ1v) is 9.69. The van der Waals surface area contributed by atoms with Gasteiger partial charge < -0.3 is 14.5 Å². The van der Waals surface area contributed by atoms with Crippen LogP contribution in [0.2, 0.25) is 0 Å². The maximum Gasteiger partial charge on any atom is 0.414 e. The molecule has 154 valence electrons. The molecule has 10 heteroatoms. The summed E-state index contributed by atoms with van der Waals surface area (Å²) in [7, 11) is 0. The van der Waals surface area contributed by atoms with Crippen LogP contribution < -0.4 is 9.80 Å². The van der Waals surface area contributed by atoms with Gasteiger partial charge in [-0.3, -0.25) is 9.69 Å². The molecule has 2 aliphatic rings. The number of carbonyl (C=O) groups excluding carboxylic acids is 2. The van der Waals surface area contributed by atoms with E-state index in [2.05, 4.69) is 10.3 Å². The number of rotatable bonds is 5. The minimum absolute atomic E-state index is 0.119. The Bertz CT molecular complexity index is 882. The smallest absolute Gasteiger partial charge is 0.414 e. The number of nitrogens with zero attached hydrogens (tertiary/aromatic N) is 6. The quantitative estimate of drug-likeness (QED) is 0.754. The standard InChI is InChI=1S/C19H23FN6O3/c1-2-18(27)24-9-7-23(8-10-24)17-4-3-14(11-16(17)20)26-13-15(29-19(26)28)12-25-6-5-21-22-25/h3-6,11,15H,2,7-10,12-13H2,1H3/t15-/m0/s1. The lowest BCUT2D eigenvalue weighted by molar-refractivity contribution is -0.131. The summed E-state index contributed by atoms with van der Waals surface area (Å²) in [6.45, 7) is 4.86. The predicted octanol–water partition coefficient (Wildman–Crippen LogP) is 1.50. The van der Waals surface area contributed by atoms with Crippen LogP contribution >= 0.6 is 0 Å². The number of halogens is 1. The molecule has 2 aromatic rings. The Labute approximate surface area is 167 Å². The molecule has 0 bridgehead atoms. The fourth-order valence-electron chi connectivity index (χ4n) is 3.71. The van der Waals surface area contributed by atoms with Gasteiger partial charge in [-0.2, -0.15) is 0 Å². The maximum absolute atomic E-state index is 14.8. The monoisotopic (exact) mass is 402 g/mol. The van der Waals surface area contributed by atoms with Crippen LogP contribution in [0.1, 0.15) is 13.3 Å². The van der Waals surface area contributed by atoms with Crippen LogP contribution in [0, 0.1) is 5.82 Å². The second-order valence-electron chi connectivity index (χ2n) is 7.10. The Hall–Kier alpha value is -3.17. The van der Waals surface area contributed by atoms with E-state index in [1.165, 1.54) is 11.0 Å². The zero-order chi connectivity index (χ0) is 20.4. The van der Waals surface area contributed by atoms with Gasteiger partial charge in [0.05, 0.1) is 30.7 Å². The Balaban J connectivity index is 1.41. The van der Waals surface area contributed by atoms with E-state index in [1.54, 1.807) is 34.1 Å². The van der Waals surface area contributed by atoms with Gasteiger partial charge in [-0.15, -0.1) is 5.10 Å². The number of benzene rings is 1. The molecule has 2 amide bonds. The van der Waals surface area contributed by atoms with Crippen LogP contribution in [-0.4, -0.2) is 70.7 Å². The van der Waals surface area contributed by atoms with Crippen molar-refractivity contribution in [3.63, 3.8) is 0 Å². The van der Waals surface area contributed by atoms with Crippen molar-refractivity contribution in [2.24, 2.45) is 0 Å². The molecular weight excluding hydrogens is 379 g/mol. The molecule has 0 unspecified atom stereocenters. The van der Waals surface area contributed by atoms with Gasteiger partial charge >= 0.3 is 6.09 Å². The van der Waals surface area contributed by atoms with E-state index in [1.807, 2.05) is 11.8 Å². The summed E-state index contributed by atoms with van der Waals surface area (Å²) >= 11 is 0. The van der Waals surface area contributed by atoms with Gasteiger partial charge in [0.25, 0.3) is 0 Å². The van der Waals surface area contributed by atoms with Crippen LogP contribution in [0.3, 0.4) is 0 Å². The number of amides is 2. The van der Waals surface area contributed by atoms with Gasteiger partial charge in [0, 0.05) is 38.8 Å². The lowest BCUT2D eigenvalue weighted by atomic mass is 10.2. The number of aromatic nitrogens is 3.